The van der Waals surface area contributed by atoms with Gasteiger partial charge in [-0.25, -0.2) is 0 Å². The second kappa shape index (κ2) is 8.26. The highest BCUT2D eigenvalue weighted by Gasteiger charge is 2.37. The average Bonchev–Trinajstić information content (AvgIpc) is 3.21. The van der Waals surface area contributed by atoms with Crippen LogP contribution in [0.25, 0.3) is 0 Å². The topological polar surface area (TPSA) is 45.0 Å². The molecule has 1 atom stereocenters. The Balaban J connectivity index is 1.79. The summed E-state index contributed by atoms with van der Waals surface area (Å²) in [6.45, 7) is 2.64. The van der Waals surface area contributed by atoms with Crippen molar-refractivity contribution in [2.45, 2.75) is 31.6 Å². The number of carbonyl (C=O) groups excluding carboxylic acids is 1. The van der Waals surface area contributed by atoms with E-state index in [0.717, 1.165) is 23.3 Å². The van der Waals surface area contributed by atoms with Crippen LogP contribution >= 0.6 is 23.1 Å². The monoisotopic (exact) mass is 357 g/mol. The minimum Gasteiger partial charge on any atom is -0.284 e. The van der Waals surface area contributed by atoms with Crippen LogP contribution in [-0.2, 0) is 11.3 Å². The molecule has 0 aliphatic carbocycles. The van der Waals surface area contributed by atoms with Crippen molar-refractivity contribution < 1.29 is 4.79 Å². The molecule has 124 valence electrons. The Labute approximate surface area is 150 Å². The second-order valence-electron chi connectivity index (χ2n) is 5.45. The van der Waals surface area contributed by atoms with Gasteiger partial charge in [-0.1, -0.05) is 61.5 Å². The molecule has 2 aromatic rings. The van der Waals surface area contributed by atoms with Crippen LogP contribution in [0.1, 0.15) is 30.2 Å². The summed E-state index contributed by atoms with van der Waals surface area (Å²) < 4.78 is 0. The fourth-order valence-electron chi connectivity index (χ4n) is 2.44. The van der Waals surface area contributed by atoms with Gasteiger partial charge in [0.1, 0.15) is 0 Å². The Morgan fingerprint density at radius 1 is 1.21 bits per heavy atom. The summed E-state index contributed by atoms with van der Waals surface area (Å²) in [5, 5.41) is 11.1. The first kappa shape index (κ1) is 16.9. The third-order valence-electron chi connectivity index (χ3n) is 3.63. The molecule has 1 aromatic heterocycles. The predicted molar refractivity (Wildman–Crippen MR) is 103 cm³/mol. The van der Waals surface area contributed by atoms with Gasteiger partial charge in [-0.2, -0.15) is 5.10 Å². The summed E-state index contributed by atoms with van der Waals surface area (Å²) in [5.74, 6) is 0.135. The average molecular weight is 358 g/mol. The van der Waals surface area contributed by atoms with Gasteiger partial charge in [0, 0.05) is 4.88 Å². The Hall–Kier alpha value is -1.92. The summed E-state index contributed by atoms with van der Waals surface area (Å²) in [6, 6.07) is 14.0. The minimum atomic E-state index is -0.0469. The molecule has 0 spiro atoms. The number of amidine groups is 1. The van der Waals surface area contributed by atoms with Gasteiger partial charge in [0.15, 0.2) is 5.17 Å². The highest BCUT2D eigenvalue weighted by atomic mass is 32.2. The summed E-state index contributed by atoms with van der Waals surface area (Å²) >= 11 is 3.14. The van der Waals surface area contributed by atoms with Crippen LogP contribution in [-0.4, -0.2) is 27.4 Å². The van der Waals surface area contributed by atoms with Crippen LogP contribution in [0.3, 0.4) is 0 Å². The van der Waals surface area contributed by atoms with E-state index >= 15 is 0 Å². The van der Waals surface area contributed by atoms with Gasteiger partial charge in [0.2, 0.25) is 5.91 Å². The Morgan fingerprint density at radius 2 is 2.04 bits per heavy atom. The maximum atomic E-state index is 12.7. The highest BCUT2D eigenvalue weighted by molar-refractivity contribution is 8.15. The van der Waals surface area contributed by atoms with Crippen molar-refractivity contribution in [2.75, 3.05) is 0 Å². The number of benzene rings is 1. The minimum absolute atomic E-state index is 0.0469. The zero-order valence-electron chi connectivity index (χ0n) is 13.5. The zero-order chi connectivity index (χ0) is 16.8. The van der Waals surface area contributed by atoms with E-state index in [4.69, 9.17) is 0 Å². The standard InChI is InChI=1S/C18H19N3OS2/c1-2-7-16-17(22)21(13-14-8-4-3-5-9-14)18(24-16)20-19-12-15-10-6-11-23-15/h3-6,8-12,16H,2,7,13H2,1H3/b19-12-,20-18-/t16-/m1/s1. The normalized spacial score (nSPS) is 19.7. The van der Waals surface area contributed by atoms with Gasteiger partial charge in [-0.3, -0.25) is 9.69 Å². The van der Waals surface area contributed by atoms with Crippen molar-refractivity contribution in [3.63, 3.8) is 0 Å². The molecule has 1 amide bonds. The molecule has 0 unspecified atom stereocenters. The van der Waals surface area contributed by atoms with E-state index in [-0.39, 0.29) is 11.2 Å². The van der Waals surface area contributed by atoms with E-state index in [2.05, 4.69) is 17.1 Å². The van der Waals surface area contributed by atoms with Crippen LogP contribution in [0.15, 0.2) is 58.0 Å². The van der Waals surface area contributed by atoms with Gasteiger partial charge in [-0.15, -0.1) is 16.4 Å². The first-order valence-electron chi connectivity index (χ1n) is 7.94. The summed E-state index contributed by atoms with van der Waals surface area (Å²) in [5.41, 5.74) is 1.10. The molecule has 6 heteroatoms. The number of nitrogens with zero attached hydrogens (tertiary/aromatic N) is 3. The Morgan fingerprint density at radius 3 is 2.75 bits per heavy atom. The molecule has 0 bridgehead atoms. The fourth-order valence-corrected chi connectivity index (χ4v) is 4.23. The van der Waals surface area contributed by atoms with Gasteiger partial charge in [0.05, 0.1) is 18.0 Å². The number of amides is 1. The molecule has 1 fully saturated rings. The number of hydrogen-bond acceptors (Lipinski definition) is 5. The Bertz CT molecular complexity index is 726. The maximum absolute atomic E-state index is 12.7. The molecule has 0 N–H and O–H groups in total. The van der Waals surface area contributed by atoms with Crippen molar-refractivity contribution in [3.05, 3.63) is 58.3 Å². The summed E-state index contributed by atoms with van der Waals surface area (Å²) in [7, 11) is 0. The molecular weight excluding hydrogens is 338 g/mol. The zero-order valence-corrected chi connectivity index (χ0v) is 15.1. The molecule has 1 aromatic carbocycles. The van der Waals surface area contributed by atoms with Crippen LogP contribution < -0.4 is 0 Å². The van der Waals surface area contributed by atoms with E-state index in [1.54, 1.807) is 22.5 Å². The lowest BCUT2D eigenvalue weighted by atomic mass is 10.2. The SMILES string of the molecule is CCC[C@H]1S/C(=N\N=C/c2cccs2)N(Cc2ccccc2)C1=O. The van der Waals surface area contributed by atoms with Crippen molar-refractivity contribution in [2.24, 2.45) is 10.2 Å². The fraction of sp³-hybridized carbons (Fsp3) is 0.278. The second-order valence-corrected chi connectivity index (χ2v) is 7.60. The lowest BCUT2D eigenvalue weighted by Gasteiger charge is -2.15. The molecule has 0 radical (unpaired) electrons. The number of rotatable bonds is 6. The van der Waals surface area contributed by atoms with Gasteiger partial charge in [-0.05, 0) is 23.4 Å². The summed E-state index contributed by atoms with van der Waals surface area (Å²) in [4.78, 5) is 15.5. The van der Waals surface area contributed by atoms with Crippen LogP contribution in [0.2, 0.25) is 0 Å². The number of thioether (sulfide) groups is 1. The van der Waals surface area contributed by atoms with E-state index in [9.17, 15) is 4.79 Å². The summed E-state index contributed by atoms with van der Waals surface area (Å²) in [6.07, 6.45) is 3.58. The first-order chi connectivity index (χ1) is 11.8. The lowest BCUT2D eigenvalue weighted by Crippen LogP contribution is -2.31. The highest BCUT2D eigenvalue weighted by Crippen LogP contribution is 2.31. The number of carbonyl (C=O) groups is 1. The van der Waals surface area contributed by atoms with Gasteiger partial charge in [0.25, 0.3) is 0 Å². The molecule has 1 aliphatic rings. The van der Waals surface area contributed by atoms with Crippen molar-refractivity contribution >= 4 is 40.4 Å². The molecule has 2 heterocycles. The van der Waals surface area contributed by atoms with E-state index in [1.807, 2.05) is 47.8 Å². The van der Waals surface area contributed by atoms with Crippen LogP contribution in [0.5, 0.6) is 0 Å². The molecular formula is C18H19N3OS2. The van der Waals surface area contributed by atoms with Crippen molar-refractivity contribution in [1.82, 2.24) is 4.90 Å². The molecule has 4 nitrogen and oxygen atoms in total. The molecule has 24 heavy (non-hydrogen) atoms. The number of thiophene rings is 1. The molecule has 3 rings (SSSR count). The molecule has 1 aliphatic heterocycles. The lowest BCUT2D eigenvalue weighted by molar-refractivity contribution is -0.126. The van der Waals surface area contributed by atoms with Crippen LogP contribution in [0.4, 0.5) is 0 Å². The first-order valence-corrected chi connectivity index (χ1v) is 9.70. The third-order valence-corrected chi connectivity index (χ3v) is 5.67. The third kappa shape index (κ3) is 4.13. The van der Waals surface area contributed by atoms with Gasteiger partial charge < -0.3 is 0 Å². The van der Waals surface area contributed by atoms with E-state index in [0.29, 0.717) is 11.7 Å². The van der Waals surface area contributed by atoms with E-state index < -0.39 is 0 Å². The quantitative estimate of drug-likeness (QED) is 0.569. The molecule has 0 saturated carbocycles. The maximum Gasteiger partial charge on any atom is 0.242 e. The van der Waals surface area contributed by atoms with Crippen LogP contribution in [0, 0.1) is 0 Å². The smallest absolute Gasteiger partial charge is 0.242 e. The predicted octanol–water partition coefficient (Wildman–Crippen LogP) is 4.38. The largest absolute Gasteiger partial charge is 0.284 e. The Kier molecular flexibility index (Phi) is 5.82. The van der Waals surface area contributed by atoms with E-state index in [1.165, 1.54) is 11.8 Å². The van der Waals surface area contributed by atoms with Crippen molar-refractivity contribution in [3.8, 4) is 0 Å². The molecule has 1 saturated heterocycles. The van der Waals surface area contributed by atoms with Gasteiger partial charge >= 0.3 is 0 Å². The number of hydrogen-bond donors (Lipinski definition) is 0. The van der Waals surface area contributed by atoms with Crippen molar-refractivity contribution in [1.29, 1.82) is 0 Å².